The fourth-order valence-corrected chi connectivity index (χ4v) is 3.15. The van der Waals surface area contributed by atoms with Gasteiger partial charge in [-0.1, -0.05) is 0 Å². The number of nitrogens with zero attached hydrogens (tertiary/aromatic N) is 2. The van der Waals surface area contributed by atoms with Gasteiger partial charge in [-0.15, -0.1) is 0 Å². The minimum Gasteiger partial charge on any atom is -0.497 e. The number of methoxy groups -OCH3 is 1. The van der Waals surface area contributed by atoms with Crippen molar-refractivity contribution in [3.63, 3.8) is 0 Å². The summed E-state index contributed by atoms with van der Waals surface area (Å²) < 4.78 is 5.21. The van der Waals surface area contributed by atoms with E-state index >= 15 is 0 Å². The molecule has 0 bridgehead atoms. The first-order valence-electron chi connectivity index (χ1n) is 9.43. The van der Waals surface area contributed by atoms with Crippen LogP contribution in [0.2, 0.25) is 0 Å². The molecule has 3 N–H and O–H groups in total. The van der Waals surface area contributed by atoms with Crippen molar-refractivity contribution in [1.82, 2.24) is 20.1 Å². The zero-order chi connectivity index (χ0) is 20.5. The third-order valence-corrected chi connectivity index (χ3v) is 4.83. The summed E-state index contributed by atoms with van der Waals surface area (Å²) in [5.41, 5.74) is 1.22. The predicted molar refractivity (Wildman–Crippen MR) is 117 cm³/mol. The van der Waals surface area contributed by atoms with Gasteiger partial charge in [-0.25, -0.2) is 0 Å². The molecule has 0 aliphatic rings. The number of H-pyrrole nitrogens is 1. The summed E-state index contributed by atoms with van der Waals surface area (Å²) >= 11 is 5.53. The number of nitrogens with one attached hydrogen (secondary N) is 2. The molecule has 0 saturated heterocycles. The quantitative estimate of drug-likeness (QED) is 0.408. The lowest BCUT2D eigenvalue weighted by Gasteiger charge is -2.26. The number of benzene rings is 1. The molecule has 2 rings (SSSR count). The van der Waals surface area contributed by atoms with Crippen LogP contribution in [0.1, 0.15) is 18.4 Å². The Morgan fingerprint density at radius 3 is 2.71 bits per heavy atom. The third kappa shape index (κ3) is 6.47. The monoisotopic (exact) mass is 406 g/mol. The van der Waals surface area contributed by atoms with Crippen molar-refractivity contribution in [1.29, 1.82) is 0 Å². The van der Waals surface area contributed by atoms with E-state index in [2.05, 4.69) is 15.2 Å². The van der Waals surface area contributed by atoms with Crippen LogP contribution >= 0.6 is 12.2 Å². The number of fused-ring (bicyclic) bond motifs is 1. The Morgan fingerprint density at radius 1 is 1.25 bits per heavy atom. The van der Waals surface area contributed by atoms with E-state index in [1.807, 2.05) is 37.2 Å². The zero-order valence-corrected chi connectivity index (χ0v) is 17.6. The number of aliphatic hydroxyl groups excluding tert-OH is 1. The second-order valence-corrected chi connectivity index (χ2v) is 7.35. The molecule has 0 spiro atoms. The summed E-state index contributed by atoms with van der Waals surface area (Å²) in [6, 6.07) is 7.48. The van der Waals surface area contributed by atoms with Crippen molar-refractivity contribution in [2.75, 3.05) is 47.4 Å². The molecule has 8 heteroatoms. The fourth-order valence-electron chi connectivity index (χ4n) is 2.89. The van der Waals surface area contributed by atoms with Gasteiger partial charge in [0, 0.05) is 31.3 Å². The maximum absolute atomic E-state index is 12.6. The molecule has 0 fully saturated rings. The van der Waals surface area contributed by atoms with Gasteiger partial charge in [0.2, 0.25) is 0 Å². The minimum atomic E-state index is -0.148. The summed E-state index contributed by atoms with van der Waals surface area (Å²) in [7, 11) is 5.67. The highest BCUT2D eigenvalue weighted by Crippen LogP contribution is 2.19. The molecule has 1 heterocycles. The van der Waals surface area contributed by atoms with Crippen LogP contribution in [0.15, 0.2) is 29.1 Å². The number of aromatic nitrogens is 1. The summed E-state index contributed by atoms with van der Waals surface area (Å²) in [5.74, 6) is 0.698. The third-order valence-electron chi connectivity index (χ3n) is 4.42. The summed E-state index contributed by atoms with van der Waals surface area (Å²) in [6.07, 6.45) is 1.56. The van der Waals surface area contributed by atoms with Crippen LogP contribution in [-0.4, -0.2) is 72.4 Å². The van der Waals surface area contributed by atoms with Gasteiger partial charge < -0.3 is 29.9 Å². The molecule has 0 saturated carbocycles. The highest BCUT2D eigenvalue weighted by atomic mass is 32.1. The van der Waals surface area contributed by atoms with Gasteiger partial charge in [-0.2, -0.15) is 0 Å². The van der Waals surface area contributed by atoms with Crippen LogP contribution in [-0.2, 0) is 6.54 Å². The number of aromatic amines is 1. The maximum atomic E-state index is 12.6. The lowest BCUT2D eigenvalue weighted by Crippen LogP contribution is -2.41. The van der Waals surface area contributed by atoms with Crippen LogP contribution in [0.3, 0.4) is 0 Å². The molecule has 0 aliphatic carbocycles. The van der Waals surface area contributed by atoms with Gasteiger partial charge in [-0.3, -0.25) is 4.79 Å². The molecule has 7 nitrogen and oxygen atoms in total. The summed E-state index contributed by atoms with van der Waals surface area (Å²) in [5, 5.41) is 14.0. The number of pyridine rings is 1. The zero-order valence-electron chi connectivity index (χ0n) is 16.8. The number of ether oxygens (including phenoxy) is 1. The topological polar surface area (TPSA) is 80.8 Å². The Labute approximate surface area is 171 Å². The van der Waals surface area contributed by atoms with Crippen molar-refractivity contribution >= 4 is 28.2 Å². The van der Waals surface area contributed by atoms with Crippen molar-refractivity contribution in [3.05, 3.63) is 40.2 Å². The van der Waals surface area contributed by atoms with Crippen molar-refractivity contribution in [2.24, 2.45) is 0 Å². The van der Waals surface area contributed by atoms with E-state index in [0.29, 0.717) is 35.9 Å². The number of hydrogen-bond donors (Lipinski definition) is 3. The number of aliphatic hydroxyl groups is 1. The smallest absolute Gasteiger partial charge is 0.253 e. The Morgan fingerprint density at radius 2 is 2.04 bits per heavy atom. The lowest BCUT2D eigenvalue weighted by atomic mass is 10.1. The average Bonchev–Trinajstić information content (AvgIpc) is 2.67. The maximum Gasteiger partial charge on any atom is 0.253 e. The van der Waals surface area contributed by atoms with Crippen LogP contribution in [0.4, 0.5) is 0 Å². The van der Waals surface area contributed by atoms with E-state index in [1.54, 1.807) is 13.2 Å². The van der Waals surface area contributed by atoms with E-state index in [4.69, 9.17) is 17.0 Å². The molecule has 1 aromatic carbocycles. The molecule has 0 aliphatic heterocycles. The van der Waals surface area contributed by atoms with Crippen LogP contribution < -0.4 is 15.6 Å². The standard InChI is InChI=1S/C20H30N4O3S/c1-23(2)9-4-8-21-20(28)24(10-5-11-25)14-16-12-15-6-7-17(27-3)13-18(15)22-19(16)26/h6-7,12-13,25H,4-5,8-11,14H2,1-3H3,(H,21,28)(H,22,26). The van der Waals surface area contributed by atoms with Crippen molar-refractivity contribution < 1.29 is 9.84 Å². The van der Waals surface area contributed by atoms with Crippen molar-refractivity contribution in [2.45, 2.75) is 19.4 Å². The molecule has 28 heavy (non-hydrogen) atoms. The number of hydrogen-bond acceptors (Lipinski definition) is 5. The Hall–Kier alpha value is -2.16. The van der Waals surface area contributed by atoms with E-state index in [9.17, 15) is 9.90 Å². The second kappa shape index (κ2) is 11.0. The molecule has 0 amide bonds. The van der Waals surface area contributed by atoms with Crippen LogP contribution in [0.5, 0.6) is 5.75 Å². The fraction of sp³-hybridized carbons (Fsp3) is 0.500. The molecule has 0 radical (unpaired) electrons. The van der Waals surface area contributed by atoms with Crippen LogP contribution in [0.25, 0.3) is 10.9 Å². The SMILES string of the molecule is COc1ccc2cc(CN(CCCO)C(=S)NCCCN(C)C)c(=O)[nH]c2c1. The molecule has 2 aromatic rings. The van der Waals surface area contributed by atoms with E-state index in [0.717, 1.165) is 30.4 Å². The molecular weight excluding hydrogens is 376 g/mol. The highest BCUT2D eigenvalue weighted by molar-refractivity contribution is 7.80. The number of rotatable bonds is 10. The Balaban J connectivity index is 2.13. The van der Waals surface area contributed by atoms with Gasteiger partial charge >= 0.3 is 0 Å². The minimum absolute atomic E-state index is 0.0770. The van der Waals surface area contributed by atoms with Gasteiger partial charge in [0.15, 0.2) is 5.11 Å². The summed E-state index contributed by atoms with van der Waals surface area (Å²) in [4.78, 5) is 19.5. The van der Waals surface area contributed by atoms with E-state index < -0.39 is 0 Å². The first kappa shape index (κ1) is 22.1. The van der Waals surface area contributed by atoms with Gasteiger partial charge in [-0.05, 0) is 69.3 Å². The van der Waals surface area contributed by atoms with E-state index in [1.165, 1.54) is 0 Å². The molecule has 154 valence electrons. The van der Waals surface area contributed by atoms with E-state index in [-0.39, 0.29) is 12.2 Å². The predicted octanol–water partition coefficient (Wildman–Crippen LogP) is 1.55. The summed E-state index contributed by atoms with van der Waals surface area (Å²) in [6.45, 7) is 2.78. The average molecular weight is 407 g/mol. The number of thiocarbonyl (C=S) groups is 1. The van der Waals surface area contributed by atoms with Gasteiger partial charge in [0.1, 0.15) is 5.75 Å². The molecule has 1 aromatic heterocycles. The first-order valence-corrected chi connectivity index (χ1v) is 9.83. The molecular formula is C20H30N4O3S. The highest BCUT2D eigenvalue weighted by Gasteiger charge is 2.13. The molecule has 0 atom stereocenters. The van der Waals surface area contributed by atoms with Crippen LogP contribution in [0, 0.1) is 0 Å². The van der Waals surface area contributed by atoms with Gasteiger partial charge in [0.25, 0.3) is 5.56 Å². The normalized spacial score (nSPS) is 11.0. The second-order valence-electron chi connectivity index (χ2n) is 6.96. The Bertz CT molecular complexity index is 838. The lowest BCUT2D eigenvalue weighted by molar-refractivity contribution is 0.264. The van der Waals surface area contributed by atoms with Crippen molar-refractivity contribution in [3.8, 4) is 5.75 Å². The van der Waals surface area contributed by atoms with Gasteiger partial charge in [0.05, 0.1) is 19.2 Å². The molecule has 0 unspecified atom stereocenters. The first-order chi connectivity index (χ1) is 13.4. The Kier molecular flexibility index (Phi) is 8.69. The largest absolute Gasteiger partial charge is 0.497 e.